The predicted octanol–water partition coefficient (Wildman–Crippen LogP) is 0.306. The topological polar surface area (TPSA) is 52.6 Å². The maximum Gasteiger partial charge on any atom is 0.400 e. The van der Waals surface area contributed by atoms with Crippen LogP contribution in [0.5, 0.6) is 0 Å². The van der Waals surface area contributed by atoms with Gasteiger partial charge in [0, 0.05) is 0 Å². The lowest BCUT2D eigenvalue weighted by Gasteiger charge is -2.33. The Morgan fingerprint density at radius 1 is 1.58 bits per heavy atom. The summed E-state index contributed by atoms with van der Waals surface area (Å²) in [6.45, 7) is 3.24. The summed E-state index contributed by atoms with van der Waals surface area (Å²) in [5.74, 6) is 2.09. The molecule has 1 rings (SSSR count). The van der Waals surface area contributed by atoms with Gasteiger partial charge in [-0.1, -0.05) is 5.92 Å². The summed E-state index contributed by atoms with van der Waals surface area (Å²) in [6, 6.07) is 0. The first-order valence-electron chi connectivity index (χ1n) is 3.43. The lowest BCUT2D eigenvalue weighted by molar-refractivity contribution is -0.00339. The van der Waals surface area contributed by atoms with Gasteiger partial charge in [0.1, 0.15) is 5.60 Å². The monoisotopic (exact) mass is 190 g/mol. The molecule has 0 aliphatic carbocycles. The van der Waals surface area contributed by atoms with E-state index in [0.717, 1.165) is 0 Å². The van der Waals surface area contributed by atoms with Crippen LogP contribution in [-0.2, 0) is 18.8 Å². The number of terminal acetylenes is 1. The number of rotatable bonds is 0. The minimum atomic E-state index is -3.83. The van der Waals surface area contributed by atoms with Crippen molar-refractivity contribution in [2.24, 2.45) is 5.92 Å². The molecule has 0 bridgehead atoms. The molecule has 0 aromatic carbocycles. The fourth-order valence-corrected chi connectivity index (χ4v) is 1.94. The standard InChI is InChI=1S/C7H10O4S/c1-4-6-5-10-12(8,9)11-7(6,2)3/h1,6H,5H2,2-3H3. The van der Waals surface area contributed by atoms with Gasteiger partial charge in [-0.05, 0) is 13.8 Å². The van der Waals surface area contributed by atoms with Crippen molar-refractivity contribution >= 4 is 10.4 Å². The molecule has 1 saturated heterocycles. The van der Waals surface area contributed by atoms with Crippen LogP contribution in [0.3, 0.4) is 0 Å². The summed E-state index contributed by atoms with van der Waals surface area (Å²) in [5, 5.41) is 0. The first-order valence-corrected chi connectivity index (χ1v) is 4.77. The van der Waals surface area contributed by atoms with E-state index in [-0.39, 0.29) is 12.5 Å². The molecule has 5 heteroatoms. The van der Waals surface area contributed by atoms with Gasteiger partial charge in [-0.3, -0.25) is 0 Å². The zero-order valence-electron chi connectivity index (χ0n) is 6.90. The lowest BCUT2D eigenvalue weighted by atomic mass is 9.93. The van der Waals surface area contributed by atoms with Gasteiger partial charge in [0.25, 0.3) is 0 Å². The van der Waals surface area contributed by atoms with Crippen LogP contribution in [0.2, 0.25) is 0 Å². The Bertz CT molecular complexity index is 309. The Labute approximate surface area is 72.2 Å². The molecule has 4 nitrogen and oxygen atoms in total. The highest BCUT2D eigenvalue weighted by Gasteiger charge is 2.40. The molecule has 0 spiro atoms. The summed E-state index contributed by atoms with van der Waals surface area (Å²) in [7, 11) is -3.83. The Balaban J connectivity index is 2.90. The van der Waals surface area contributed by atoms with Gasteiger partial charge in [-0.15, -0.1) is 6.42 Å². The molecule has 1 heterocycles. The largest absolute Gasteiger partial charge is 0.400 e. The first-order chi connectivity index (χ1) is 5.37. The van der Waals surface area contributed by atoms with E-state index in [1.54, 1.807) is 13.8 Å². The molecule has 1 fully saturated rings. The van der Waals surface area contributed by atoms with E-state index in [4.69, 9.17) is 6.42 Å². The summed E-state index contributed by atoms with van der Waals surface area (Å²) in [5.41, 5.74) is -0.869. The van der Waals surface area contributed by atoms with Crippen molar-refractivity contribution in [3.63, 3.8) is 0 Å². The Kier molecular flexibility index (Phi) is 2.17. The fourth-order valence-electron chi connectivity index (χ4n) is 0.946. The van der Waals surface area contributed by atoms with Gasteiger partial charge in [-0.2, -0.15) is 8.42 Å². The normalized spacial score (nSPS) is 32.2. The average molecular weight is 190 g/mol. The third-order valence-corrected chi connectivity index (χ3v) is 2.79. The summed E-state index contributed by atoms with van der Waals surface area (Å²) in [4.78, 5) is 0. The van der Waals surface area contributed by atoms with Crippen LogP contribution in [0.15, 0.2) is 0 Å². The quantitative estimate of drug-likeness (QED) is 0.516. The van der Waals surface area contributed by atoms with Crippen LogP contribution in [-0.4, -0.2) is 20.6 Å². The molecule has 0 radical (unpaired) electrons. The molecule has 1 aliphatic heterocycles. The van der Waals surface area contributed by atoms with E-state index in [2.05, 4.69) is 14.3 Å². The molecule has 0 N–H and O–H groups in total. The SMILES string of the molecule is C#CC1COS(=O)(=O)OC1(C)C. The van der Waals surface area contributed by atoms with Crippen LogP contribution < -0.4 is 0 Å². The molecule has 0 aromatic rings. The zero-order valence-corrected chi connectivity index (χ0v) is 7.72. The summed E-state index contributed by atoms with van der Waals surface area (Å²) in [6.07, 6.45) is 5.16. The smallest absolute Gasteiger partial charge is 0.247 e. The molecule has 0 saturated carbocycles. The van der Waals surface area contributed by atoms with Crippen molar-refractivity contribution in [2.75, 3.05) is 6.61 Å². The predicted molar refractivity (Wildman–Crippen MR) is 42.4 cm³/mol. The van der Waals surface area contributed by atoms with Gasteiger partial charge in [0.2, 0.25) is 0 Å². The molecule has 1 unspecified atom stereocenters. The summed E-state index contributed by atoms with van der Waals surface area (Å²) < 4.78 is 30.7. The van der Waals surface area contributed by atoms with E-state index in [0.29, 0.717) is 0 Å². The van der Waals surface area contributed by atoms with Crippen LogP contribution in [0, 0.1) is 18.3 Å². The Morgan fingerprint density at radius 2 is 2.17 bits per heavy atom. The second-order valence-electron chi connectivity index (χ2n) is 3.10. The molecular formula is C7H10O4S. The molecule has 0 amide bonds. The maximum absolute atomic E-state index is 10.8. The fraction of sp³-hybridized carbons (Fsp3) is 0.714. The zero-order chi connectivity index (χ0) is 9.41. The Hall–Kier alpha value is -0.570. The highest BCUT2D eigenvalue weighted by molar-refractivity contribution is 7.81. The van der Waals surface area contributed by atoms with Crippen LogP contribution in [0.4, 0.5) is 0 Å². The van der Waals surface area contributed by atoms with E-state index in [1.807, 2.05) is 0 Å². The van der Waals surface area contributed by atoms with Crippen molar-refractivity contribution in [1.82, 2.24) is 0 Å². The van der Waals surface area contributed by atoms with Crippen molar-refractivity contribution in [3.8, 4) is 12.3 Å². The van der Waals surface area contributed by atoms with E-state index in [9.17, 15) is 8.42 Å². The lowest BCUT2D eigenvalue weighted by Crippen LogP contribution is -2.44. The minimum absolute atomic E-state index is 0.00810. The highest BCUT2D eigenvalue weighted by Crippen LogP contribution is 2.29. The van der Waals surface area contributed by atoms with Crippen molar-refractivity contribution in [2.45, 2.75) is 19.4 Å². The molecule has 1 atom stereocenters. The number of hydrogen-bond acceptors (Lipinski definition) is 4. The van der Waals surface area contributed by atoms with Crippen molar-refractivity contribution < 1.29 is 16.8 Å². The molecule has 12 heavy (non-hydrogen) atoms. The van der Waals surface area contributed by atoms with E-state index >= 15 is 0 Å². The second-order valence-corrected chi connectivity index (χ2v) is 4.32. The molecule has 1 aliphatic rings. The van der Waals surface area contributed by atoms with Crippen molar-refractivity contribution in [1.29, 1.82) is 0 Å². The van der Waals surface area contributed by atoms with Gasteiger partial charge in [-0.25, -0.2) is 8.37 Å². The molecular weight excluding hydrogens is 180 g/mol. The summed E-state index contributed by atoms with van der Waals surface area (Å²) >= 11 is 0. The van der Waals surface area contributed by atoms with Crippen LogP contribution >= 0.6 is 0 Å². The molecule has 68 valence electrons. The van der Waals surface area contributed by atoms with Crippen LogP contribution in [0.25, 0.3) is 0 Å². The Morgan fingerprint density at radius 3 is 2.58 bits per heavy atom. The highest BCUT2D eigenvalue weighted by atomic mass is 32.3. The number of hydrogen-bond donors (Lipinski definition) is 0. The molecule has 0 aromatic heterocycles. The van der Waals surface area contributed by atoms with Crippen LogP contribution in [0.1, 0.15) is 13.8 Å². The van der Waals surface area contributed by atoms with Gasteiger partial charge in [0.15, 0.2) is 0 Å². The second kappa shape index (κ2) is 2.73. The first kappa shape index (κ1) is 9.52. The van der Waals surface area contributed by atoms with Gasteiger partial charge in [0.05, 0.1) is 12.5 Å². The van der Waals surface area contributed by atoms with Gasteiger partial charge >= 0.3 is 10.4 Å². The minimum Gasteiger partial charge on any atom is -0.247 e. The van der Waals surface area contributed by atoms with Crippen molar-refractivity contribution in [3.05, 3.63) is 0 Å². The average Bonchev–Trinajstić information content (AvgIpc) is 1.83. The maximum atomic E-state index is 10.8. The third-order valence-electron chi connectivity index (χ3n) is 1.74. The van der Waals surface area contributed by atoms with Gasteiger partial charge < -0.3 is 0 Å². The van der Waals surface area contributed by atoms with E-state index in [1.165, 1.54) is 0 Å². The third kappa shape index (κ3) is 1.78. The van der Waals surface area contributed by atoms with E-state index < -0.39 is 16.0 Å².